The zero-order valence-electron chi connectivity index (χ0n) is 13.4. The first kappa shape index (κ1) is 16.7. The SMILES string of the molecule is CCN=S1(=O)CC(c2cc(NC)ccc2F)N=C(N)C1(C)C. The van der Waals surface area contributed by atoms with Gasteiger partial charge >= 0.3 is 0 Å². The van der Waals surface area contributed by atoms with Crippen molar-refractivity contribution in [2.75, 3.05) is 24.7 Å². The normalized spacial score (nSPS) is 27.1. The molecule has 2 rings (SSSR count). The van der Waals surface area contributed by atoms with Gasteiger partial charge in [-0.05, 0) is 39.0 Å². The molecule has 3 N–H and O–H groups in total. The molecular weight excluding hydrogens is 303 g/mol. The quantitative estimate of drug-likeness (QED) is 0.896. The first-order chi connectivity index (χ1) is 10.2. The van der Waals surface area contributed by atoms with Gasteiger partial charge in [0.2, 0.25) is 0 Å². The van der Waals surface area contributed by atoms with Crippen LogP contribution in [0, 0.1) is 5.82 Å². The predicted molar refractivity (Wildman–Crippen MR) is 90.4 cm³/mol. The fraction of sp³-hybridized carbons (Fsp3) is 0.533. The summed E-state index contributed by atoms with van der Waals surface area (Å²) < 4.78 is 30.9. The van der Waals surface area contributed by atoms with Crippen molar-refractivity contribution in [2.24, 2.45) is 15.1 Å². The molecule has 1 aromatic rings. The van der Waals surface area contributed by atoms with E-state index in [0.717, 1.165) is 5.69 Å². The number of nitrogens with two attached hydrogens (primary N) is 1. The Morgan fingerprint density at radius 1 is 1.55 bits per heavy atom. The van der Waals surface area contributed by atoms with Crippen LogP contribution in [0.4, 0.5) is 10.1 Å². The molecule has 0 spiro atoms. The van der Waals surface area contributed by atoms with E-state index in [0.29, 0.717) is 12.1 Å². The van der Waals surface area contributed by atoms with Crippen LogP contribution < -0.4 is 11.1 Å². The van der Waals surface area contributed by atoms with Gasteiger partial charge in [0.1, 0.15) is 16.4 Å². The highest BCUT2D eigenvalue weighted by atomic mass is 32.2. The van der Waals surface area contributed by atoms with E-state index in [4.69, 9.17) is 5.73 Å². The third kappa shape index (κ3) is 2.69. The lowest BCUT2D eigenvalue weighted by atomic mass is 10.1. The first-order valence-corrected chi connectivity index (χ1v) is 8.94. The number of amidine groups is 1. The van der Waals surface area contributed by atoms with E-state index < -0.39 is 20.5 Å². The third-order valence-electron chi connectivity index (χ3n) is 4.07. The minimum Gasteiger partial charge on any atom is -0.388 e. The molecule has 7 heteroatoms. The van der Waals surface area contributed by atoms with Gasteiger partial charge in [0, 0.05) is 24.8 Å². The lowest BCUT2D eigenvalue weighted by Gasteiger charge is -2.35. The molecular formula is C15H23FN4OS. The summed E-state index contributed by atoms with van der Waals surface area (Å²) in [5.41, 5.74) is 7.20. The minimum absolute atomic E-state index is 0.179. The van der Waals surface area contributed by atoms with Crippen LogP contribution in [-0.4, -0.2) is 34.1 Å². The van der Waals surface area contributed by atoms with Crippen molar-refractivity contribution in [2.45, 2.75) is 31.6 Å². The van der Waals surface area contributed by atoms with Gasteiger partial charge in [-0.1, -0.05) is 0 Å². The summed E-state index contributed by atoms with van der Waals surface area (Å²) in [6.45, 7) is 5.83. The number of anilines is 1. The molecule has 0 fully saturated rings. The molecule has 122 valence electrons. The molecule has 0 saturated heterocycles. The maximum Gasteiger partial charge on any atom is 0.128 e. The third-order valence-corrected chi connectivity index (χ3v) is 7.32. The van der Waals surface area contributed by atoms with E-state index in [9.17, 15) is 8.60 Å². The summed E-state index contributed by atoms with van der Waals surface area (Å²) >= 11 is 0. The van der Waals surface area contributed by atoms with Crippen LogP contribution in [0.3, 0.4) is 0 Å². The largest absolute Gasteiger partial charge is 0.388 e. The van der Waals surface area contributed by atoms with Gasteiger partial charge in [0.15, 0.2) is 0 Å². The number of nitrogens with one attached hydrogen (secondary N) is 1. The molecule has 22 heavy (non-hydrogen) atoms. The number of benzene rings is 1. The van der Waals surface area contributed by atoms with E-state index in [-0.39, 0.29) is 17.4 Å². The topological polar surface area (TPSA) is 79.8 Å². The lowest BCUT2D eigenvalue weighted by molar-refractivity contribution is 0.585. The minimum atomic E-state index is -2.62. The monoisotopic (exact) mass is 326 g/mol. The second-order valence-corrected chi connectivity index (χ2v) is 8.67. The molecule has 0 bridgehead atoms. The van der Waals surface area contributed by atoms with Gasteiger partial charge in [-0.3, -0.25) is 4.99 Å². The first-order valence-electron chi connectivity index (χ1n) is 7.26. The Hall–Kier alpha value is -1.63. The van der Waals surface area contributed by atoms with Crippen LogP contribution >= 0.6 is 0 Å². The Morgan fingerprint density at radius 2 is 2.23 bits per heavy atom. The second-order valence-electron chi connectivity index (χ2n) is 5.78. The Bertz CT molecular complexity index is 720. The molecule has 5 nitrogen and oxygen atoms in total. The van der Waals surface area contributed by atoms with Crippen LogP contribution in [0.2, 0.25) is 0 Å². The number of hydrogen-bond donors (Lipinski definition) is 2. The number of rotatable bonds is 3. The lowest BCUT2D eigenvalue weighted by Crippen LogP contribution is -2.50. The van der Waals surface area contributed by atoms with Crippen LogP contribution in [0.5, 0.6) is 0 Å². The van der Waals surface area contributed by atoms with Crippen LogP contribution in [0.25, 0.3) is 0 Å². The maximum atomic E-state index is 14.2. The zero-order chi connectivity index (χ0) is 16.5. The summed E-state index contributed by atoms with van der Waals surface area (Å²) in [5, 5.41) is 2.97. The molecule has 0 aromatic heterocycles. The van der Waals surface area contributed by atoms with Crippen molar-refractivity contribution in [3.63, 3.8) is 0 Å². The van der Waals surface area contributed by atoms with Gasteiger partial charge in [-0.25, -0.2) is 13.0 Å². The Labute approximate surface area is 131 Å². The highest BCUT2D eigenvalue weighted by Crippen LogP contribution is 2.35. The molecule has 1 aliphatic heterocycles. The van der Waals surface area contributed by atoms with Gasteiger partial charge in [-0.15, -0.1) is 0 Å². The van der Waals surface area contributed by atoms with E-state index in [1.165, 1.54) is 6.07 Å². The maximum absolute atomic E-state index is 14.2. The van der Waals surface area contributed by atoms with Gasteiger partial charge in [-0.2, -0.15) is 0 Å². The molecule has 0 amide bonds. The van der Waals surface area contributed by atoms with Gasteiger partial charge in [0.05, 0.1) is 21.5 Å². The van der Waals surface area contributed by atoms with Crippen molar-refractivity contribution in [3.05, 3.63) is 29.6 Å². The molecule has 1 heterocycles. The molecule has 0 saturated carbocycles. The van der Waals surface area contributed by atoms with Crippen molar-refractivity contribution in [3.8, 4) is 0 Å². The van der Waals surface area contributed by atoms with Crippen LogP contribution in [0.15, 0.2) is 27.6 Å². The molecule has 1 aliphatic rings. The average molecular weight is 326 g/mol. The summed E-state index contributed by atoms with van der Waals surface area (Å²) in [6.07, 6.45) is 0. The van der Waals surface area contributed by atoms with E-state index >= 15 is 0 Å². The highest BCUT2D eigenvalue weighted by Gasteiger charge is 2.42. The molecule has 1 aromatic carbocycles. The predicted octanol–water partition coefficient (Wildman–Crippen LogP) is 2.55. The molecule has 0 aliphatic carbocycles. The number of halogens is 1. The molecule has 0 radical (unpaired) electrons. The van der Waals surface area contributed by atoms with Crippen LogP contribution in [0.1, 0.15) is 32.4 Å². The molecule has 2 unspecified atom stereocenters. The standard InChI is InChI=1S/C15H23FN4OS/c1-5-19-22(21)9-13(20-14(17)15(22,2)3)11-8-10(18-4)6-7-12(11)16/h6-8,13,18H,5,9H2,1-4H3,(H2,17,20). The number of hydrogen-bond acceptors (Lipinski definition) is 5. The Morgan fingerprint density at radius 3 is 2.82 bits per heavy atom. The van der Waals surface area contributed by atoms with Gasteiger partial charge in [0.25, 0.3) is 0 Å². The molecule has 2 atom stereocenters. The zero-order valence-corrected chi connectivity index (χ0v) is 14.2. The van der Waals surface area contributed by atoms with Crippen LogP contribution in [-0.2, 0) is 9.73 Å². The fourth-order valence-electron chi connectivity index (χ4n) is 2.48. The summed E-state index contributed by atoms with van der Waals surface area (Å²) in [5.74, 6) is 0.0669. The van der Waals surface area contributed by atoms with E-state index in [1.54, 1.807) is 33.0 Å². The highest BCUT2D eigenvalue weighted by molar-refractivity contribution is 7.95. The summed E-state index contributed by atoms with van der Waals surface area (Å²) in [4.78, 5) is 4.41. The van der Waals surface area contributed by atoms with Gasteiger partial charge < -0.3 is 11.1 Å². The summed E-state index contributed by atoms with van der Waals surface area (Å²) in [6, 6.07) is 4.13. The van der Waals surface area contributed by atoms with E-state index in [2.05, 4.69) is 14.7 Å². The Kier molecular flexibility index (Phi) is 4.47. The smallest absolute Gasteiger partial charge is 0.128 e. The van der Waals surface area contributed by atoms with E-state index in [1.807, 2.05) is 6.92 Å². The van der Waals surface area contributed by atoms with Crippen molar-refractivity contribution < 1.29 is 8.60 Å². The summed E-state index contributed by atoms with van der Waals surface area (Å²) in [7, 11) is -0.861. The van der Waals surface area contributed by atoms with Crippen molar-refractivity contribution in [1.82, 2.24) is 0 Å². The van der Waals surface area contributed by atoms with Crippen molar-refractivity contribution in [1.29, 1.82) is 0 Å². The second kappa shape index (κ2) is 5.87. The fourth-order valence-corrected chi connectivity index (χ4v) is 4.81. The van der Waals surface area contributed by atoms with Crippen molar-refractivity contribution >= 4 is 21.3 Å². The average Bonchev–Trinajstić information content (AvgIpc) is 2.46. The number of nitrogens with zero attached hydrogens (tertiary/aromatic N) is 2. The Balaban J connectivity index is 2.58. The number of aliphatic imine (C=N–C) groups is 1.